The van der Waals surface area contributed by atoms with E-state index in [2.05, 4.69) is 0 Å². The highest BCUT2D eigenvalue weighted by Gasteiger charge is 2.20. The third kappa shape index (κ3) is 2.13. The smallest absolute Gasteiger partial charge is 0.351 e. The lowest BCUT2D eigenvalue weighted by molar-refractivity contribution is 0.0602. The maximum absolute atomic E-state index is 11.7. The molecule has 2 aromatic rings. The Balaban J connectivity index is 2.64. The van der Waals surface area contributed by atoms with E-state index >= 15 is 0 Å². The summed E-state index contributed by atoms with van der Waals surface area (Å²) < 4.78 is 16.5. The highest BCUT2D eigenvalue weighted by molar-refractivity contribution is 7.21. The number of carbonyl (C=O) groups excluding carboxylic acids is 1. The monoisotopic (exact) mass is 266 g/mol. The highest BCUT2D eigenvalue weighted by Crippen LogP contribution is 2.39. The van der Waals surface area contributed by atoms with Gasteiger partial charge in [0.25, 0.3) is 0 Å². The Kier molecular flexibility index (Phi) is 3.72. The van der Waals surface area contributed by atoms with Crippen molar-refractivity contribution in [3.05, 3.63) is 23.1 Å². The number of ether oxygens (including phenoxy) is 3. The van der Waals surface area contributed by atoms with Crippen LogP contribution in [0.4, 0.5) is 0 Å². The van der Waals surface area contributed by atoms with Gasteiger partial charge >= 0.3 is 5.97 Å². The normalized spacial score (nSPS) is 10.4. The summed E-state index contributed by atoms with van der Waals surface area (Å²) in [6, 6.07) is 5.63. The summed E-state index contributed by atoms with van der Waals surface area (Å²) >= 11 is 1.36. The predicted octanol–water partition coefficient (Wildman–Crippen LogP) is 3.10. The number of hydrogen-bond donors (Lipinski definition) is 0. The topological polar surface area (TPSA) is 44.8 Å². The van der Waals surface area contributed by atoms with Gasteiger partial charge in [-0.1, -0.05) is 0 Å². The van der Waals surface area contributed by atoms with E-state index < -0.39 is 0 Å². The van der Waals surface area contributed by atoms with E-state index in [1.165, 1.54) is 18.4 Å². The lowest BCUT2D eigenvalue weighted by Gasteiger charge is -2.05. The molecule has 0 atom stereocenters. The SMILES string of the molecule is CCOc1c(C(=O)OC)sc2ccc(OC)cc12. The van der Waals surface area contributed by atoms with Crippen LogP contribution in [0, 0.1) is 0 Å². The number of fused-ring (bicyclic) bond motifs is 1. The van der Waals surface area contributed by atoms with Gasteiger partial charge in [-0.3, -0.25) is 0 Å². The lowest BCUT2D eigenvalue weighted by Crippen LogP contribution is -2.02. The maximum Gasteiger partial charge on any atom is 0.351 e. The zero-order valence-corrected chi connectivity index (χ0v) is 11.3. The van der Waals surface area contributed by atoms with Gasteiger partial charge in [0.05, 0.1) is 20.8 Å². The third-order valence-corrected chi connectivity index (χ3v) is 3.64. The third-order valence-electron chi connectivity index (χ3n) is 2.51. The maximum atomic E-state index is 11.7. The van der Waals surface area contributed by atoms with Gasteiger partial charge in [0.2, 0.25) is 0 Å². The first kappa shape index (κ1) is 12.7. The number of hydrogen-bond acceptors (Lipinski definition) is 5. The van der Waals surface area contributed by atoms with Crippen molar-refractivity contribution in [1.82, 2.24) is 0 Å². The van der Waals surface area contributed by atoms with Crippen LogP contribution >= 0.6 is 11.3 Å². The second-order valence-corrected chi connectivity index (χ2v) is 4.60. The van der Waals surface area contributed by atoms with Gasteiger partial charge in [-0.25, -0.2) is 4.79 Å². The molecule has 1 aromatic heterocycles. The standard InChI is InChI=1S/C13H14O4S/c1-4-17-11-9-7-8(15-2)5-6-10(9)18-12(11)13(14)16-3/h5-7H,4H2,1-3H3. The van der Waals surface area contributed by atoms with Crippen LogP contribution in [0.15, 0.2) is 18.2 Å². The first-order chi connectivity index (χ1) is 8.71. The molecule has 18 heavy (non-hydrogen) atoms. The fourth-order valence-corrected chi connectivity index (χ4v) is 2.74. The van der Waals surface area contributed by atoms with E-state index in [4.69, 9.17) is 14.2 Å². The van der Waals surface area contributed by atoms with Crippen molar-refractivity contribution >= 4 is 27.4 Å². The fourth-order valence-electron chi connectivity index (χ4n) is 1.70. The average molecular weight is 266 g/mol. The average Bonchev–Trinajstić information content (AvgIpc) is 2.76. The molecule has 0 bridgehead atoms. The van der Waals surface area contributed by atoms with Crippen LogP contribution in [0.25, 0.3) is 10.1 Å². The van der Waals surface area contributed by atoms with Gasteiger partial charge < -0.3 is 14.2 Å². The van der Waals surface area contributed by atoms with Crippen molar-refractivity contribution in [1.29, 1.82) is 0 Å². The Bertz CT molecular complexity index is 574. The Hall–Kier alpha value is -1.75. The first-order valence-electron chi connectivity index (χ1n) is 5.53. The largest absolute Gasteiger partial charge is 0.497 e. The summed E-state index contributed by atoms with van der Waals surface area (Å²) in [5, 5.41) is 0.876. The molecule has 0 unspecified atom stereocenters. The number of benzene rings is 1. The second kappa shape index (κ2) is 5.27. The van der Waals surface area contributed by atoms with Crippen LogP contribution in [0.2, 0.25) is 0 Å². The molecule has 0 saturated heterocycles. The molecule has 5 heteroatoms. The van der Waals surface area contributed by atoms with Gasteiger partial charge in [-0.2, -0.15) is 0 Å². The molecule has 0 fully saturated rings. The van der Waals surface area contributed by atoms with Crippen molar-refractivity contribution in [3.63, 3.8) is 0 Å². The Morgan fingerprint density at radius 1 is 1.33 bits per heavy atom. The molecule has 4 nitrogen and oxygen atoms in total. The van der Waals surface area contributed by atoms with Gasteiger partial charge in [0, 0.05) is 10.1 Å². The van der Waals surface area contributed by atoms with Crippen LogP contribution in [-0.4, -0.2) is 26.8 Å². The molecule has 1 heterocycles. The summed E-state index contributed by atoms with van der Waals surface area (Å²) in [5.41, 5.74) is 0. The van der Waals surface area contributed by atoms with E-state index in [1.807, 2.05) is 25.1 Å². The Morgan fingerprint density at radius 3 is 2.72 bits per heavy atom. The quantitative estimate of drug-likeness (QED) is 0.798. The van der Waals surface area contributed by atoms with Crippen molar-refractivity contribution in [3.8, 4) is 11.5 Å². The Morgan fingerprint density at radius 2 is 2.11 bits per heavy atom. The molecular weight excluding hydrogens is 252 g/mol. The summed E-state index contributed by atoms with van der Waals surface area (Å²) in [7, 11) is 2.97. The van der Waals surface area contributed by atoms with E-state index in [9.17, 15) is 4.79 Å². The number of rotatable bonds is 4. The van der Waals surface area contributed by atoms with E-state index in [-0.39, 0.29) is 5.97 Å². The molecule has 96 valence electrons. The molecule has 2 rings (SSSR count). The minimum absolute atomic E-state index is 0.376. The molecule has 0 saturated carbocycles. The van der Waals surface area contributed by atoms with Crippen LogP contribution in [0.1, 0.15) is 16.6 Å². The van der Waals surface area contributed by atoms with Gasteiger partial charge in [-0.15, -0.1) is 11.3 Å². The molecular formula is C13H14O4S. The van der Waals surface area contributed by atoms with Gasteiger partial charge in [-0.05, 0) is 25.1 Å². The zero-order chi connectivity index (χ0) is 13.1. The van der Waals surface area contributed by atoms with E-state index in [0.29, 0.717) is 17.2 Å². The van der Waals surface area contributed by atoms with Crippen LogP contribution < -0.4 is 9.47 Å². The summed E-state index contributed by atoms with van der Waals surface area (Å²) in [4.78, 5) is 12.2. The van der Waals surface area contributed by atoms with Crippen molar-refractivity contribution in [2.45, 2.75) is 6.92 Å². The highest BCUT2D eigenvalue weighted by atomic mass is 32.1. The van der Waals surface area contributed by atoms with Crippen LogP contribution in [0.5, 0.6) is 11.5 Å². The Labute approximate surface area is 109 Å². The number of esters is 1. The number of carbonyl (C=O) groups is 1. The molecule has 0 amide bonds. The molecule has 0 aliphatic rings. The van der Waals surface area contributed by atoms with Crippen molar-refractivity contribution in [2.75, 3.05) is 20.8 Å². The molecule has 0 radical (unpaired) electrons. The zero-order valence-electron chi connectivity index (χ0n) is 10.5. The minimum atomic E-state index is -0.376. The van der Waals surface area contributed by atoms with Crippen LogP contribution in [0.3, 0.4) is 0 Å². The number of methoxy groups -OCH3 is 2. The second-order valence-electron chi connectivity index (χ2n) is 3.55. The summed E-state index contributed by atoms with van der Waals surface area (Å²) in [5.74, 6) is 0.930. The summed E-state index contributed by atoms with van der Waals surface area (Å²) in [6.07, 6.45) is 0. The molecule has 0 aliphatic carbocycles. The van der Waals surface area contributed by atoms with Gasteiger partial charge in [0.1, 0.15) is 5.75 Å². The molecule has 0 aliphatic heterocycles. The number of thiophene rings is 1. The fraction of sp³-hybridized carbons (Fsp3) is 0.308. The van der Waals surface area contributed by atoms with E-state index in [1.54, 1.807) is 7.11 Å². The molecule has 0 spiro atoms. The molecule has 1 aromatic carbocycles. The first-order valence-corrected chi connectivity index (χ1v) is 6.34. The predicted molar refractivity (Wildman–Crippen MR) is 70.9 cm³/mol. The minimum Gasteiger partial charge on any atom is -0.497 e. The van der Waals surface area contributed by atoms with Crippen molar-refractivity contribution < 1.29 is 19.0 Å². The lowest BCUT2D eigenvalue weighted by atomic mass is 10.2. The summed E-state index contributed by atoms with van der Waals surface area (Å²) in [6.45, 7) is 2.37. The molecule has 0 N–H and O–H groups in total. The van der Waals surface area contributed by atoms with Gasteiger partial charge in [0.15, 0.2) is 10.6 Å². The van der Waals surface area contributed by atoms with Crippen LogP contribution in [-0.2, 0) is 4.74 Å². The van der Waals surface area contributed by atoms with E-state index in [0.717, 1.165) is 15.8 Å². The van der Waals surface area contributed by atoms with Crippen molar-refractivity contribution in [2.24, 2.45) is 0 Å².